The van der Waals surface area contributed by atoms with Crippen molar-refractivity contribution < 1.29 is 24.2 Å². The lowest BCUT2D eigenvalue weighted by molar-refractivity contribution is -0.127. The summed E-state index contributed by atoms with van der Waals surface area (Å²) in [4.78, 5) is 28.5. The van der Waals surface area contributed by atoms with Crippen molar-refractivity contribution in [3.05, 3.63) is 72.3 Å². The summed E-state index contributed by atoms with van der Waals surface area (Å²) in [6, 6.07) is 12.1. The van der Waals surface area contributed by atoms with Crippen molar-refractivity contribution in [2.45, 2.75) is 19.3 Å². The van der Waals surface area contributed by atoms with Gasteiger partial charge in [-0.25, -0.2) is 4.90 Å². The van der Waals surface area contributed by atoms with Crippen LogP contribution in [0.5, 0.6) is 17.2 Å². The first-order chi connectivity index (χ1) is 14.9. The Hall–Kier alpha value is -3.54. The monoisotopic (exact) mass is 419 g/mol. The topological polar surface area (TPSA) is 76.1 Å². The Bertz CT molecular complexity index is 1090. The molecule has 0 saturated carbocycles. The van der Waals surface area contributed by atoms with E-state index in [4.69, 9.17) is 9.47 Å². The van der Waals surface area contributed by atoms with Crippen LogP contribution in [0.25, 0.3) is 0 Å². The number of hydrogen-bond acceptors (Lipinski definition) is 5. The van der Waals surface area contributed by atoms with E-state index in [1.165, 1.54) is 25.2 Å². The molecular formula is C25H25NO5. The molecule has 1 fully saturated rings. The molecule has 4 rings (SSSR count). The summed E-state index contributed by atoms with van der Waals surface area (Å²) >= 11 is 0. The molecule has 1 saturated heterocycles. The highest BCUT2D eigenvalue weighted by Gasteiger charge is 2.62. The van der Waals surface area contributed by atoms with E-state index in [1.807, 2.05) is 12.1 Å². The molecule has 6 heteroatoms. The van der Waals surface area contributed by atoms with Gasteiger partial charge in [0.1, 0.15) is 17.2 Å². The number of imide groups is 1. The Labute approximate surface area is 181 Å². The molecule has 2 amide bonds. The number of fused-ring (bicyclic) bond motifs is 1. The van der Waals surface area contributed by atoms with Gasteiger partial charge in [0.2, 0.25) is 11.8 Å². The third kappa shape index (κ3) is 2.93. The van der Waals surface area contributed by atoms with Gasteiger partial charge in [0.15, 0.2) is 0 Å². The van der Waals surface area contributed by atoms with Crippen molar-refractivity contribution in [2.75, 3.05) is 19.1 Å². The van der Waals surface area contributed by atoms with Gasteiger partial charge < -0.3 is 14.6 Å². The Morgan fingerprint density at radius 3 is 2.48 bits per heavy atom. The highest BCUT2D eigenvalue weighted by molar-refractivity contribution is 6.24. The first kappa shape index (κ1) is 20.7. The number of ether oxygens (including phenoxy) is 2. The number of benzene rings is 2. The highest BCUT2D eigenvalue weighted by Crippen LogP contribution is 2.59. The lowest BCUT2D eigenvalue weighted by Gasteiger charge is -2.40. The van der Waals surface area contributed by atoms with Gasteiger partial charge in [-0.05, 0) is 31.1 Å². The Kier molecular flexibility index (Phi) is 5.09. The van der Waals surface area contributed by atoms with E-state index in [2.05, 4.69) is 6.58 Å². The molecule has 1 aliphatic carbocycles. The minimum atomic E-state index is -1.12. The number of allylic oxidation sites excluding steroid dienone is 3. The maximum atomic E-state index is 13.8. The molecule has 31 heavy (non-hydrogen) atoms. The van der Waals surface area contributed by atoms with Crippen LogP contribution in [-0.2, 0) is 9.59 Å². The van der Waals surface area contributed by atoms with Gasteiger partial charge in [-0.1, -0.05) is 36.9 Å². The van der Waals surface area contributed by atoms with Gasteiger partial charge in [0, 0.05) is 23.6 Å². The minimum Gasteiger partial charge on any atom is -0.507 e. The molecule has 2 aromatic carbocycles. The molecule has 0 unspecified atom stereocenters. The Morgan fingerprint density at radius 1 is 1.16 bits per heavy atom. The van der Waals surface area contributed by atoms with Gasteiger partial charge >= 0.3 is 0 Å². The fourth-order valence-corrected chi connectivity index (χ4v) is 4.94. The summed E-state index contributed by atoms with van der Waals surface area (Å²) in [5.41, 5.74) is 0.633. The van der Waals surface area contributed by atoms with E-state index >= 15 is 0 Å². The molecule has 2 aliphatic rings. The fraction of sp³-hybridized carbons (Fsp3) is 0.280. The van der Waals surface area contributed by atoms with Crippen LogP contribution in [0.3, 0.4) is 0 Å². The van der Waals surface area contributed by atoms with Gasteiger partial charge in [-0.3, -0.25) is 9.59 Å². The maximum absolute atomic E-state index is 13.8. The summed E-state index contributed by atoms with van der Waals surface area (Å²) in [5.74, 6) is -0.975. The van der Waals surface area contributed by atoms with E-state index in [0.717, 1.165) is 5.57 Å². The van der Waals surface area contributed by atoms with Crippen molar-refractivity contribution in [1.29, 1.82) is 0 Å². The number of anilines is 1. The zero-order valence-electron chi connectivity index (χ0n) is 17.8. The average Bonchev–Trinajstić information content (AvgIpc) is 2.98. The molecule has 1 N–H and O–H groups in total. The third-order valence-electron chi connectivity index (χ3n) is 6.52. The number of nitrogens with zero attached hydrogens (tertiary/aromatic N) is 1. The standard InChI is InChI=1S/C25H25NO5/c1-5-15-11-12-18-23(28)26(16-9-7-6-8-10-16)24(29)25(18,2)22(15)21-19(27)13-17(30-3)14-20(21)31-4/h5-11,13-14,18,22,27H,1,12H2,2-4H3/t18-,22+,25+/m0/s1. The van der Waals surface area contributed by atoms with Crippen molar-refractivity contribution >= 4 is 17.5 Å². The highest BCUT2D eigenvalue weighted by atomic mass is 16.5. The maximum Gasteiger partial charge on any atom is 0.241 e. The van der Waals surface area contributed by atoms with Crippen molar-refractivity contribution in [2.24, 2.45) is 11.3 Å². The largest absolute Gasteiger partial charge is 0.507 e. The number of amides is 2. The number of hydrogen-bond donors (Lipinski definition) is 1. The lowest BCUT2D eigenvalue weighted by Crippen LogP contribution is -2.41. The zero-order valence-corrected chi connectivity index (χ0v) is 17.8. The summed E-state index contributed by atoms with van der Waals surface area (Å²) in [6.07, 6.45) is 4.02. The SMILES string of the molecule is C=CC1=CC[C@H]2C(=O)N(c3ccccc3)C(=O)[C@@]2(C)[C@H]1c1c(O)cc(OC)cc1OC. The van der Waals surface area contributed by atoms with Gasteiger partial charge in [-0.15, -0.1) is 0 Å². The first-order valence-electron chi connectivity index (χ1n) is 10.1. The van der Waals surface area contributed by atoms with Crippen LogP contribution in [0.1, 0.15) is 24.8 Å². The molecule has 6 nitrogen and oxygen atoms in total. The number of rotatable bonds is 5. The number of carbonyl (C=O) groups excluding carboxylic acids is 2. The second kappa shape index (κ2) is 7.61. The van der Waals surface area contributed by atoms with Crippen LogP contribution >= 0.6 is 0 Å². The van der Waals surface area contributed by atoms with E-state index in [0.29, 0.717) is 29.2 Å². The van der Waals surface area contributed by atoms with Gasteiger partial charge in [0.25, 0.3) is 0 Å². The Morgan fingerprint density at radius 2 is 1.87 bits per heavy atom. The molecule has 1 aliphatic heterocycles. The molecule has 0 aromatic heterocycles. The van der Waals surface area contributed by atoms with E-state index in [1.54, 1.807) is 43.3 Å². The third-order valence-corrected chi connectivity index (χ3v) is 6.52. The fourth-order valence-electron chi connectivity index (χ4n) is 4.94. The number of carbonyl (C=O) groups is 2. The van der Waals surface area contributed by atoms with E-state index in [9.17, 15) is 14.7 Å². The molecule has 0 radical (unpaired) electrons. The average molecular weight is 419 g/mol. The molecule has 0 bridgehead atoms. The summed E-state index contributed by atoms with van der Waals surface area (Å²) in [7, 11) is 2.99. The number of phenols is 1. The summed E-state index contributed by atoms with van der Waals surface area (Å²) < 4.78 is 10.8. The molecule has 2 aromatic rings. The van der Waals surface area contributed by atoms with Crippen molar-refractivity contribution in [3.8, 4) is 17.2 Å². The van der Waals surface area contributed by atoms with Crippen LogP contribution in [0.15, 0.2) is 66.8 Å². The Balaban J connectivity index is 1.93. The number of para-hydroxylation sites is 1. The molecule has 3 atom stereocenters. The number of aromatic hydroxyl groups is 1. The molecule has 1 heterocycles. The zero-order chi connectivity index (χ0) is 22.3. The second-order valence-electron chi connectivity index (χ2n) is 7.99. The van der Waals surface area contributed by atoms with Crippen LogP contribution < -0.4 is 14.4 Å². The van der Waals surface area contributed by atoms with Crippen molar-refractivity contribution in [3.63, 3.8) is 0 Å². The van der Waals surface area contributed by atoms with Crippen molar-refractivity contribution in [1.82, 2.24) is 0 Å². The van der Waals surface area contributed by atoms with Gasteiger partial charge in [0.05, 0.1) is 31.2 Å². The summed E-state index contributed by atoms with van der Waals surface area (Å²) in [5, 5.41) is 10.9. The molecule has 160 valence electrons. The molecular weight excluding hydrogens is 394 g/mol. The van der Waals surface area contributed by atoms with E-state index < -0.39 is 17.3 Å². The first-order valence-corrected chi connectivity index (χ1v) is 10.1. The predicted molar refractivity (Wildman–Crippen MR) is 117 cm³/mol. The minimum absolute atomic E-state index is 0.0609. The normalized spacial score (nSPS) is 25.1. The van der Waals surface area contributed by atoms with E-state index in [-0.39, 0.29) is 17.6 Å². The quantitative estimate of drug-likeness (QED) is 0.735. The van der Waals surface area contributed by atoms with Gasteiger partial charge in [-0.2, -0.15) is 0 Å². The van der Waals surface area contributed by atoms with Crippen LogP contribution in [0, 0.1) is 11.3 Å². The summed E-state index contributed by atoms with van der Waals surface area (Å²) in [6.45, 7) is 5.72. The lowest BCUT2D eigenvalue weighted by atomic mass is 9.59. The van der Waals surface area contributed by atoms with Crippen LogP contribution in [-0.4, -0.2) is 31.1 Å². The second-order valence-corrected chi connectivity index (χ2v) is 7.99. The smallest absolute Gasteiger partial charge is 0.241 e. The predicted octanol–water partition coefficient (Wildman–Crippen LogP) is 4.21. The number of phenolic OH excluding ortho intramolecular Hbond substituents is 1. The molecule has 0 spiro atoms. The van der Waals surface area contributed by atoms with Crippen LogP contribution in [0.2, 0.25) is 0 Å². The number of methoxy groups -OCH3 is 2. The van der Waals surface area contributed by atoms with Crippen LogP contribution in [0.4, 0.5) is 5.69 Å².